The average molecular weight is 234 g/mol. The third kappa shape index (κ3) is 3.57. The van der Waals surface area contributed by atoms with Crippen LogP contribution in [0.3, 0.4) is 0 Å². The molecule has 0 aromatic heterocycles. The van der Waals surface area contributed by atoms with Gasteiger partial charge in [0, 0.05) is 4.48 Å². The van der Waals surface area contributed by atoms with Crippen molar-refractivity contribution in [2.45, 2.75) is 13.8 Å². The molecule has 0 aliphatic rings. The van der Waals surface area contributed by atoms with Gasteiger partial charge in [0.25, 0.3) is 0 Å². The first-order valence-electron chi connectivity index (χ1n) is 3.55. The number of carbonyl (C=O) groups excluding carboxylic acids is 1. The second-order valence-electron chi connectivity index (χ2n) is 2.03. The molecule has 0 atom stereocenters. The number of esters is 1. The number of carbonyl (C=O) groups is 1. The topological polar surface area (TPSA) is 52.3 Å². The quantitative estimate of drug-likeness (QED) is 0.459. The van der Waals surface area contributed by atoms with E-state index in [9.17, 15) is 4.79 Å². The first-order chi connectivity index (χ1) is 5.63. The van der Waals surface area contributed by atoms with Gasteiger partial charge in [0.05, 0.1) is 12.2 Å². The van der Waals surface area contributed by atoms with Crippen molar-refractivity contribution in [2.24, 2.45) is 5.73 Å². The molecule has 0 rings (SSSR count). The number of nitrogens with two attached hydrogens (primary N) is 1. The molecular weight excluding hydrogens is 222 g/mol. The molecule has 0 aromatic carbocycles. The fraction of sp³-hybridized carbons (Fsp3) is 0.375. The molecule has 0 amide bonds. The summed E-state index contributed by atoms with van der Waals surface area (Å²) in [5.74, 6) is -0.367. The summed E-state index contributed by atoms with van der Waals surface area (Å²) in [6, 6.07) is 0. The third-order valence-electron chi connectivity index (χ3n) is 1.13. The second-order valence-corrected chi connectivity index (χ2v) is 3.22. The molecule has 0 unspecified atom stereocenters. The molecule has 0 aromatic rings. The van der Waals surface area contributed by atoms with Gasteiger partial charge < -0.3 is 10.5 Å². The van der Waals surface area contributed by atoms with Crippen molar-refractivity contribution in [3.8, 4) is 0 Å². The lowest BCUT2D eigenvalue weighted by Crippen LogP contribution is -2.07. The lowest BCUT2D eigenvalue weighted by Gasteiger charge is -2.02. The molecule has 4 heteroatoms. The van der Waals surface area contributed by atoms with E-state index in [0.717, 1.165) is 0 Å². The van der Waals surface area contributed by atoms with Crippen LogP contribution in [0.25, 0.3) is 0 Å². The normalized spacial score (nSPS) is 12.9. The first-order valence-corrected chi connectivity index (χ1v) is 4.34. The average Bonchev–Trinajstić information content (AvgIpc) is 1.99. The van der Waals surface area contributed by atoms with Crippen LogP contribution in [0.2, 0.25) is 0 Å². The van der Waals surface area contributed by atoms with Crippen molar-refractivity contribution in [2.75, 3.05) is 6.61 Å². The summed E-state index contributed by atoms with van der Waals surface area (Å²) < 4.78 is 5.50. The molecule has 0 fully saturated rings. The molecule has 0 spiro atoms. The molecule has 0 saturated carbocycles. The van der Waals surface area contributed by atoms with Crippen LogP contribution in [0.5, 0.6) is 0 Å². The Morgan fingerprint density at radius 1 is 1.67 bits per heavy atom. The Balaban J connectivity index is 4.54. The van der Waals surface area contributed by atoms with E-state index in [1.165, 1.54) is 12.3 Å². The highest BCUT2D eigenvalue weighted by molar-refractivity contribution is 9.11. The predicted molar refractivity (Wildman–Crippen MR) is 51.6 cm³/mol. The lowest BCUT2D eigenvalue weighted by atomic mass is 10.2. The molecular formula is C8H12BrNO2. The highest BCUT2D eigenvalue weighted by atomic mass is 79.9. The van der Waals surface area contributed by atoms with Crippen LogP contribution < -0.4 is 5.73 Å². The van der Waals surface area contributed by atoms with E-state index in [1.54, 1.807) is 13.8 Å². The van der Waals surface area contributed by atoms with Crippen molar-refractivity contribution >= 4 is 21.9 Å². The van der Waals surface area contributed by atoms with Crippen LogP contribution in [0.4, 0.5) is 0 Å². The number of rotatable bonds is 3. The number of ether oxygens (including phenoxy) is 1. The van der Waals surface area contributed by atoms with E-state index < -0.39 is 0 Å². The molecule has 2 N–H and O–H groups in total. The Labute approximate surface area is 80.4 Å². The van der Waals surface area contributed by atoms with E-state index in [0.29, 0.717) is 16.7 Å². The van der Waals surface area contributed by atoms with E-state index in [2.05, 4.69) is 15.9 Å². The van der Waals surface area contributed by atoms with Crippen molar-refractivity contribution < 1.29 is 9.53 Å². The summed E-state index contributed by atoms with van der Waals surface area (Å²) >= 11 is 3.18. The van der Waals surface area contributed by atoms with Crippen LogP contribution in [-0.4, -0.2) is 12.6 Å². The number of hydrogen-bond acceptors (Lipinski definition) is 3. The van der Waals surface area contributed by atoms with Gasteiger partial charge in [-0.3, -0.25) is 0 Å². The maximum Gasteiger partial charge on any atom is 0.338 e. The predicted octanol–water partition coefficient (Wildman–Crippen LogP) is 1.69. The zero-order valence-corrected chi connectivity index (χ0v) is 8.72. The number of allylic oxidation sites excluding steroid dienone is 1. The Hall–Kier alpha value is -0.770. The minimum Gasteiger partial charge on any atom is -0.462 e. The molecule has 0 bridgehead atoms. The molecule has 0 radical (unpaired) electrons. The Kier molecular flexibility index (Phi) is 5.45. The van der Waals surface area contributed by atoms with Gasteiger partial charge in [-0.05, 0) is 26.1 Å². The van der Waals surface area contributed by atoms with E-state index in [4.69, 9.17) is 10.5 Å². The Morgan fingerprint density at radius 3 is 2.58 bits per heavy atom. The van der Waals surface area contributed by atoms with Gasteiger partial charge in [0.1, 0.15) is 0 Å². The van der Waals surface area contributed by atoms with Crippen molar-refractivity contribution in [1.29, 1.82) is 0 Å². The van der Waals surface area contributed by atoms with Crippen LogP contribution in [-0.2, 0) is 9.53 Å². The summed E-state index contributed by atoms with van der Waals surface area (Å²) in [7, 11) is 0. The molecule has 0 aliphatic heterocycles. The summed E-state index contributed by atoms with van der Waals surface area (Å²) in [6.07, 6.45) is 2.80. The fourth-order valence-corrected chi connectivity index (χ4v) is 0.923. The largest absolute Gasteiger partial charge is 0.462 e. The van der Waals surface area contributed by atoms with Gasteiger partial charge in [-0.2, -0.15) is 0 Å². The molecule has 0 aliphatic carbocycles. The minimum atomic E-state index is -0.367. The van der Waals surface area contributed by atoms with E-state index in [-0.39, 0.29) is 5.97 Å². The van der Waals surface area contributed by atoms with Crippen LogP contribution >= 0.6 is 15.9 Å². The van der Waals surface area contributed by atoms with Gasteiger partial charge in [-0.25, -0.2) is 4.79 Å². The number of halogens is 1. The summed E-state index contributed by atoms with van der Waals surface area (Å²) in [5, 5.41) is 0. The van der Waals surface area contributed by atoms with E-state index in [1.807, 2.05) is 0 Å². The maximum atomic E-state index is 11.2. The van der Waals surface area contributed by atoms with Gasteiger partial charge in [0.15, 0.2) is 0 Å². The standard InChI is InChI=1S/C8H12BrNO2/c1-3-12-8(11)7(4-5-10)6(2)9/h4-5H,3,10H2,1-2H3/b5-4-,7-6-. The summed E-state index contributed by atoms with van der Waals surface area (Å²) in [6.45, 7) is 3.87. The summed E-state index contributed by atoms with van der Waals surface area (Å²) in [4.78, 5) is 11.2. The molecule has 3 nitrogen and oxygen atoms in total. The van der Waals surface area contributed by atoms with Gasteiger partial charge in [-0.1, -0.05) is 15.9 Å². The van der Waals surface area contributed by atoms with Crippen LogP contribution in [0.15, 0.2) is 22.3 Å². The Bertz CT molecular complexity index is 217. The maximum absolute atomic E-state index is 11.2. The first kappa shape index (κ1) is 11.2. The van der Waals surface area contributed by atoms with Crippen LogP contribution in [0, 0.1) is 0 Å². The van der Waals surface area contributed by atoms with Gasteiger partial charge in [0.2, 0.25) is 0 Å². The SMILES string of the molecule is CCOC(=O)C(/C=C\N)=C(/C)Br. The fourth-order valence-electron chi connectivity index (χ4n) is 0.629. The minimum absolute atomic E-state index is 0.362. The van der Waals surface area contributed by atoms with Crippen LogP contribution in [0.1, 0.15) is 13.8 Å². The highest BCUT2D eigenvalue weighted by Crippen LogP contribution is 2.13. The highest BCUT2D eigenvalue weighted by Gasteiger charge is 2.08. The Morgan fingerprint density at radius 2 is 2.25 bits per heavy atom. The third-order valence-corrected chi connectivity index (χ3v) is 1.56. The zero-order valence-electron chi connectivity index (χ0n) is 7.13. The van der Waals surface area contributed by atoms with Gasteiger partial charge in [-0.15, -0.1) is 0 Å². The lowest BCUT2D eigenvalue weighted by molar-refractivity contribution is -0.138. The van der Waals surface area contributed by atoms with Crippen molar-refractivity contribution in [3.05, 3.63) is 22.3 Å². The number of hydrogen-bond donors (Lipinski definition) is 1. The smallest absolute Gasteiger partial charge is 0.338 e. The summed E-state index contributed by atoms with van der Waals surface area (Å²) in [5.41, 5.74) is 5.60. The monoisotopic (exact) mass is 233 g/mol. The molecule has 0 saturated heterocycles. The second kappa shape index (κ2) is 5.83. The van der Waals surface area contributed by atoms with E-state index >= 15 is 0 Å². The molecule has 68 valence electrons. The van der Waals surface area contributed by atoms with Gasteiger partial charge >= 0.3 is 5.97 Å². The molecule has 12 heavy (non-hydrogen) atoms. The van der Waals surface area contributed by atoms with Crippen molar-refractivity contribution in [3.63, 3.8) is 0 Å². The molecule has 0 heterocycles. The zero-order chi connectivity index (χ0) is 9.56. The van der Waals surface area contributed by atoms with Crippen molar-refractivity contribution in [1.82, 2.24) is 0 Å².